The molecule has 0 atom stereocenters. The van der Waals surface area contributed by atoms with Crippen molar-refractivity contribution in [1.82, 2.24) is 10.4 Å². The number of hydrogen-bond donors (Lipinski definition) is 1. The summed E-state index contributed by atoms with van der Waals surface area (Å²) in [5, 5.41) is 5.04. The molecular formula is C20H13BrCl3N3O2. The second-order valence-electron chi connectivity index (χ2n) is 5.76. The highest BCUT2D eigenvalue weighted by atomic mass is 79.9. The van der Waals surface area contributed by atoms with Crippen LogP contribution in [-0.2, 0) is 6.61 Å². The SMILES string of the molecule is O=C(NN=Cc1cc(Br)ccc1OCc1ccc(Cl)c(Cl)c1)c1cccnc1Cl. The average molecular weight is 514 g/mol. The molecule has 5 nitrogen and oxygen atoms in total. The second-order valence-corrected chi connectivity index (χ2v) is 7.85. The maximum absolute atomic E-state index is 12.2. The van der Waals surface area contributed by atoms with Gasteiger partial charge in [0.2, 0.25) is 0 Å². The van der Waals surface area contributed by atoms with Gasteiger partial charge in [-0.1, -0.05) is 56.8 Å². The first-order valence-corrected chi connectivity index (χ1v) is 10.2. The summed E-state index contributed by atoms with van der Waals surface area (Å²) in [6, 6.07) is 13.9. The minimum Gasteiger partial charge on any atom is -0.488 e. The van der Waals surface area contributed by atoms with E-state index in [1.54, 1.807) is 30.3 Å². The lowest BCUT2D eigenvalue weighted by molar-refractivity contribution is 0.0955. The molecule has 0 saturated carbocycles. The predicted octanol–water partition coefficient (Wildman–Crippen LogP) is 6.15. The number of nitrogens with zero attached hydrogens (tertiary/aromatic N) is 2. The number of hydrogen-bond acceptors (Lipinski definition) is 4. The first-order chi connectivity index (χ1) is 13.9. The zero-order valence-electron chi connectivity index (χ0n) is 14.7. The van der Waals surface area contributed by atoms with Crippen molar-refractivity contribution in [1.29, 1.82) is 0 Å². The van der Waals surface area contributed by atoms with E-state index in [1.165, 1.54) is 12.4 Å². The van der Waals surface area contributed by atoms with Crippen LogP contribution in [0.25, 0.3) is 0 Å². The first-order valence-electron chi connectivity index (χ1n) is 8.24. The van der Waals surface area contributed by atoms with E-state index in [4.69, 9.17) is 39.5 Å². The number of ether oxygens (including phenoxy) is 1. The molecule has 0 aliphatic carbocycles. The van der Waals surface area contributed by atoms with Crippen LogP contribution >= 0.6 is 50.7 Å². The number of hydrazone groups is 1. The second kappa shape index (κ2) is 10.1. The van der Waals surface area contributed by atoms with Crippen molar-refractivity contribution in [2.24, 2.45) is 5.10 Å². The lowest BCUT2D eigenvalue weighted by atomic mass is 10.2. The molecule has 1 amide bonds. The molecule has 0 bridgehead atoms. The number of amides is 1. The van der Waals surface area contributed by atoms with Gasteiger partial charge in [-0.15, -0.1) is 0 Å². The number of aromatic nitrogens is 1. The van der Waals surface area contributed by atoms with E-state index in [2.05, 4.69) is 31.4 Å². The van der Waals surface area contributed by atoms with Gasteiger partial charge in [-0.3, -0.25) is 4.79 Å². The molecule has 0 fully saturated rings. The Bertz CT molecular complexity index is 1080. The highest BCUT2D eigenvalue weighted by Gasteiger charge is 2.10. The number of carbonyl (C=O) groups excluding carboxylic acids is 1. The number of rotatable bonds is 6. The third kappa shape index (κ3) is 5.93. The van der Waals surface area contributed by atoms with E-state index in [-0.39, 0.29) is 17.3 Å². The molecule has 0 spiro atoms. The molecule has 0 radical (unpaired) electrons. The Morgan fingerprint density at radius 2 is 1.97 bits per heavy atom. The summed E-state index contributed by atoms with van der Waals surface area (Å²) in [6.07, 6.45) is 2.98. The van der Waals surface area contributed by atoms with Crippen molar-refractivity contribution in [3.05, 3.63) is 91.1 Å². The van der Waals surface area contributed by atoms with Gasteiger partial charge in [0.1, 0.15) is 17.5 Å². The molecule has 148 valence electrons. The van der Waals surface area contributed by atoms with E-state index in [0.29, 0.717) is 21.4 Å². The smallest absolute Gasteiger partial charge is 0.274 e. The van der Waals surface area contributed by atoms with Gasteiger partial charge < -0.3 is 4.74 Å². The number of pyridine rings is 1. The van der Waals surface area contributed by atoms with Gasteiger partial charge in [0.25, 0.3) is 5.91 Å². The van der Waals surface area contributed by atoms with Crippen LogP contribution in [0.3, 0.4) is 0 Å². The van der Waals surface area contributed by atoms with Gasteiger partial charge in [-0.2, -0.15) is 5.10 Å². The van der Waals surface area contributed by atoms with Crippen LogP contribution in [-0.4, -0.2) is 17.1 Å². The van der Waals surface area contributed by atoms with Crippen molar-refractivity contribution < 1.29 is 9.53 Å². The van der Waals surface area contributed by atoms with E-state index < -0.39 is 5.91 Å². The molecule has 9 heteroatoms. The van der Waals surface area contributed by atoms with Crippen molar-refractivity contribution >= 4 is 62.9 Å². The predicted molar refractivity (Wildman–Crippen MR) is 119 cm³/mol. The number of halogens is 4. The Balaban J connectivity index is 1.71. The van der Waals surface area contributed by atoms with Gasteiger partial charge >= 0.3 is 0 Å². The Hall–Kier alpha value is -2.12. The van der Waals surface area contributed by atoms with Gasteiger partial charge in [-0.05, 0) is 48.0 Å². The normalized spacial score (nSPS) is 10.9. The zero-order chi connectivity index (χ0) is 20.8. The molecule has 1 aromatic heterocycles. The summed E-state index contributed by atoms with van der Waals surface area (Å²) in [7, 11) is 0. The fourth-order valence-electron chi connectivity index (χ4n) is 2.32. The van der Waals surface area contributed by atoms with Crippen LogP contribution < -0.4 is 10.2 Å². The van der Waals surface area contributed by atoms with Crippen molar-refractivity contribution in [2.75, 3.05) is 0 Å². The minimum absolute atomic E-state index is 0.105. The van der Waals surface area contributed by atoms with E-state index in [0.717, 1.165) is 10.0 Å². The quantitative estimate of drug-likeness (QED) is 0.244. The maximum atomic E-state index is 12.2. The van der Waals surface area contributed by atoms with Crippen LogP contribution in [0.15, 0.2) is 64.3 Å². The number of nitrogens with one attached hydrogen (secondary N) is 1. The minimum atomic E-state index is -0.465. The lowest BCUT2D eigenvalue weighted by Gasteiger charge is -2.10. The van der Waals surface area contributed by atoms with Crippen molar-refractivity contribution in [2.45, 2.75) is 6.61 Å². The average Bonchev–Trinajstić information content (AvgIpc) is 2.70. The molecule has 0 aliphatic rings. The van der Waals surface area contributed by atoms with Crippen LogP contribution in [0.4, 0.5) is 0 Å². The monoisotopic (exact) mass is 511 g/mol. The molecule has 3 aromatic rings. The van der Waals surface area contributed by atoms with Gasteiger partial charge in [-0.25, -0.2) is 10.4 Å². The molecule has 0 saturated heterocycles. The topological polar surface area (TPSA) is 63.6 Å². The summed E-state index contributed by atoms with van der Waals surface area (Å²) in [4.78, 5) is 16.0. The van der Waals surface area contributed by atoms with Crippen LogP contribution in [0.2, 0.25) is 15.2 Å². The molecule has 2 aromatic carbocycles. The third-order valence-corrected chi connectivity index (χ3v) is 5.26. The Morgan fingerprint density at radius 3 is 2.72 bits per heavy atom. The van der Waals surface area contributed by atoms with Crippen LogP contribution in [0.1, 0.15) is 21.5 Å². The van der Waals surface area contributed by atoms with Crippen molar-refractivity contribution in [3.63, 3.8) is 0 Å². The number of benzene rings is 2. The summed E-state index contributed by atoms with van der Waals surface area (Å²) >= 11 is 21.3. The molecule has 29 heavy (non-hydrogen) atoms. The molecule has 1 N–H and O–H groups in total. The van der Waals surface area contributed by atoms with Gasteiger partial charge in [0.05, 0.1) is 21.8 Å². The lowest BCUT2D eigenvalue weighted by Crippen LogP contribution is -2.18. The molecule has 1 heterocycles. The summed E-state index contributed by atoms with van der Waals surface area (Å²) in [6.45, 7) is 0.289. The molecule has 3 rings (SSSR count). The van der Waals surface area contributed by atoms with E-state index in [1.807, 2.05) is 18.2 Å². The number of carbonyl (C=O) groups is 1. The zero-order valence-corrected chi connectivity index (χ0v) is 18.6. The fourth-order valence-corrected chi connectivity index (χ4v) is 3.22. The van der Waals surface area contributed by atoms with Gasteiger partial charge in [0.15, 0.2) is 0 Å². The Labute approximate surface area is 190 Å². The highest BCUT2D eigenvalue weighted by Crippen LogP contribution is 2.25. The summed E-state index contributed by atoms with van der Waals surface area (Å²) < 4.78 is 6.71. The van der Waals surface area contributed by atoms with E-state index >= 15 is 0 Å². The molecule has 0 aliphatic heterocycles. The molecule has 0 unspecified atom stereocenters. The Morgan fingerprint density at radius 1 is 1.14 bits per heavy atom. The Kier molecular flexibility index (Phi) is 7.50. The van der Waals surface area contributed by atoms with E-state index in [9.17, 15) is 4.79 Å². The third-order valence-electron chi connectivity index (χ3n) is 3.72. The van der Waals surface area contributed by atoms with Crippen LogP contribution in [0.5, 0.6) is 5.75 Å². The maximum Gasteiger partial charge on any atom is 0.274 e. The van der Waals surface area contributed by atoms with Gasteiger partial charge in [0, 0.05) is 16.2 Å². The van der Waals surface area contributed by atoms with Crippen LogP contribution in [0, 0.1) is 0 Å². The summed E-state index contributed by atoms with van der Waals surface area (Å²) in [5.41, 5.74) is 4.19. The largest absolute Gasteiger partial charge is 0.488 e. The molecular weight excluding hydrogens is 501 g/mol. The van der Waals surface area contributed by atoms with Crippen molar-refractivity contribution in [3.8, 4) is 5.75 Å². The summed E-state index contributed by atoms with van der Waals surface area (Å²) in [5.74, 6) is 0.115. The highest BCUT2D eigenvalue weighted by molar-refractivity contribution is 9.10. The fraction of sp³-hybridized carbons (Fsp3) is 0.0500. The first kappa shape index (κ1) is 21.6. The standard InChI is InChI=1S/C20H13BrCl3N3O2/c21-14-4-6-18(29-11-12-3-5-16(22)17(23)8-12)13(9-14)10-26-27-20(28)15-2-1-7-25-19(15)24/h1-10H,11H2,(H,27,28).